The van der Waals surface area contributed by atoms with E-state index in [0.29, 0.717) is 0 Å². The van der Waals surface area contributed by atoms with E-state index < -0.39 is 0 Å². The van der Waals surface area contributed by atoms with Gasteiger partial charge in [0.05, 0.1) is 19.6 Å². The van der Waals surface area contributed by atoms with Crippen LogP contribution in [-0.4, -0.2) is 42.6 Å². The van der Waals surface area contributed by atoms with Gasteiger partial charge in [0.25, 0.3) is 5.91 Å². The second-order valence-corrected chi connectivity index (χ2v) is 6.79. The molecule has 1 heterocycles. The molecule has 1 aromatic carbocycles. The smallest absolute Gasteiger partial charge is 0.285 e. The van der Waals surface area contributed by atoms with Crippen molar-refractivity contribution in [1.82, 2.24) is 0 Å². The van der Waals surface area contributed by atoms with Crippen molar-refractivity contribution in [2.75, 3.05) is 31.1 Å². The monoisotopic (exact) mass is 323 g/mol. The van der Waals surface area contributed by atoms with Gasteiger partial charge in [0, 0.05) is 23.7 Å². The summed E-state index contributed by atoms with van der Waals surface area (Å²) < 4.78 is 0.890. The normalized spacial score (nSPS) is 19.1. The van der Waals surface area contributed by atoms with Gasteiger partial charge in [-0.2, -0.15) is 0 Å². The van der Waals surface area contributed by atoms with E-state index in [4.69, 9.17) is 11.6 Å². The Bertz CT molecular complexity index is 535. The number of amides is 1. The molecule has 1 aromatic rings. The van der Waals surface area contributed by atoms with Crippen LogP contribution in [0.5, 0.6) is 0 Å². The lowest BCUT2D eigenvalue weighted by Crippen LogP contribution is -2.58. The summed E-state index contributed by atoms with van der Waals surface area (Å²) in [5, 5.41) is 0.739. The van der Waals surface area contributed by atoms with Crippen molar-refractivity contribution < 1.29 is 9.28 Å². The van der Waals surface area contributed by atoms with Crippen LogP contribution >= 0.6 is 11.6 Å². The number of likely N-dealkylation sites (N-methyl/N-ethyl adjacent to an activating group) is 1. The van der Waals surface area contributed by atoms with Gasteiger partial charge in [0.15, 0.2) is 6.04 Å². The molecular weight excluding hydrogens is 296 g/mol. The lowest BCUT2D eigenvalue weighted by molar-refractivity contribution is -0.937. The van der Waals surface area contributed by atoms with Gasteiger partial charge < -0.3 is 9.38 Å². The highest BCUT2D eigenvalue weighted by atomic mass is 35.5. The fourth-order valence-electron chi connectivity index (χ4n) is 4.06. The summed E-state index contributed by atoms with van der Waals surface area (Å²) in [5.74, 6) is 0.277. The van der Waals surface area contributed by atoms with Crippen LogP contribution in [0.25, 0.3) is 0 Å². The van der Waals surface area contributed by atoms with Crippen molar-refractivity contribution in [3.8, 4) is 0 Å². The molecule has 1 saturated heterocycles. The van der Waals surface area contributed by atoms with Crippen molar-refractivity contribution in [3.63, 3.8) is 0 Å². The fraction of sp³-hybridized carbons (Fsp3) is 0.611. The minimum atomic E-state index is 0.0921. The number of benzene rings is 1. The SMILES string of the molecule is CC[N+](CC)(CC)C1CCN(c2c(C)cc(Cl)cc2C)C1=O. The number of hydrogen-bond acceptors (Lipinski definition) is 1. The molecule has 1 aliphatic rings. The number of nitrogens with zero attached hydrogens (tertiary/aromatic N) is 2. The second kappa shape index (κ2) is 6.59. The molecule has 2 rings (SSSR count). The van der Waals surface area contributed by atoms with Crippen LogP contribution < -0.4 is 4.90 Å². The Hall–Kier alpha value is -1.06. The van der Waals surface area contributed by atoms with E-state index in [1.807, 2.05) is 30.9 Å². The van der Waals surface area contributed by atoms with E-state index >= 15 is 0 Å². The average molecular weight is 324 g/mol. The highest BCUT2D eigenvalue weighted by molar-refractivity contribution is 6.30. The van der Waals surface area contributed by atoms with E-state index in [-0.39, 0.29) is 11.9 Å². The minimum absolute atomic E-state index is 0.0921. The van der Waals surface area contributed by atoms with Crippen molar-refractivity contribution >= 4 is 23.2 Å². The Balaban J connectivity index is 2.37. The Labute approximate surface area is 139 Å². The standard InChI is InChI=1S/C18H28ClN2O/c1-6-21(7-2,8-3)16-9-10-20(18(16)22)17-13(4)11-15(19)12-14(17)5/h11-12,16H,6-10H2,1-5H3/q+1. The van der Waals surface area contributed by atoms with Crippen LogP contribution in [0.1, 0.15) is 38.3 Å². The number of carbonyl (C=O) groups is 1. The number of halogens is 1. The Morgan fingerprint density at radius 1 is 1.14 bits per heavy atom. The van der Waals surface area contributed by atoms with Gasteiger partial charge in [-0.25, -0.2) is 0 Å². The van der Waals surface area contributed by atoms with Crippen molar-refractivity contribution in [1.29, 1.82) is 0 Å². The molecule has 0 aromatic heterocycles. The molecule has 0 N–H and O–H groups in total. The van der Waals surface area contributed by atoms with Crippen LogP contribution in [0.4, 0.5) is 5.69 Å². The van der Waals surface area contributed by atoms with E-state index in [1.165, 1.54) is 0 Å². The molecule has 4 heteroatoms. The molecule has 1 fully saturated rings. The molecule has 1 amide bonds. The van der Waals surface area contributed by atoms with Gasteiger partial charge in [0.2, 0.25) is 0 Å². The highest BCUT2D eigenvalue weighted by Gasteiger charge is 2.45. The van der Waals surface area contributed by atoms with Crippen molar-refractivity contribution in [2.24, 2.45) is 0 Å². The third kappa shape index (κ3) is 2.77. The van der Waals surface area contributed by atoms with Crippen molar-refractivity contribution in [2.45, 2.75) is 47.1 Å². The molecule has 0 saturated carbocycles. The largest absolute Gasteiger partial charge is 0.314 e. The number of rotatable bonds is 5. The zero-order valence-electron chi connectivity index (χ0n) is 14.4. The number of quaternary nitrogens is 1. The molecule has 122 valence electrons. The summed E-state index contributed by atoms with van der Waals surface area (Å²) in [6.45, 7) is 14.5. The van der Waals surface area contributed by atoms with Gasteiger partial charge in [0.1, 0.15) is 0 Å². The summed E-state index contributed by atoms with van der Waals surface area (Å²) in [6, 6.07) is 3.99. The highest BCUT2D eigenvalue weighted by Crippen LogP contribution is 2.34. The summed E-state index contributed by atoms with van der Waals surface area (Å²) in [6.07, 6.45) is 0.940. The molecule has 22 heavy (non-hydrogen) atoms. The molecule has 1 unspecified atom stereocenters. The Morgan fingerprint density at radius 3 is 2.09 bits per heavy atom. The quantitative estimate of drug-likeness (QED) is 0.752. The number of aryl methyl sites for hydroxylation is 2. The zero-order chi connectivity index (χ0) is 16.5. The topological polar surface area (TPSA) is 20.3 Å². The first-order valence-corrected chi connectivity index (χ1v) is 8.71. The molecule has 0 spiro atoms. The first-order valence-electron chi connectivity index (χ1n) is 8.34. The minimum Gasteiger partial charge on any atom is -0.314 e. The zero-order valence-corrected chi connectivity index (χ0v) is 15.2. The summed E-state index contributed by atoms with van der Waals surface area (Å²) in [7, 11) is 0. The van der Waals surface area contributed by atoms with Crippen molar-refractivity contribution in [3.05, 3.63) is 28.3 Å². The average Bonchev–Trinajstić information content (AvgIpc) is 2.84. The number of carbonyl (C=O) groups excluding carboxylic acids is 1. The van der Waals surface area contributed by atoms with E-state index in [9.17, 15) is 4.79 Å². The third-order valence-corrected chi connectivity index (χ3v) is 5.67. The third-order valence-electron chi connectivity index (χ3n) is 5.45. The molecule has 3 nitrogen and oxygen atoms in total. The maximum absolute atomic E-state index is 13.1. The van der Waals surface area contributed by atoms with Crippen LogP contribution in [0, 0.1) is 13.8 Å². The predicted molar refractivity (Wildman–Crippen MR) is 93.6 cm³/mol. The molecular formula is C18H28ClN2O+. The van der Waals surface area contributed by atoms with Crippen LogP contribution in [0.2, 0.25) is 5.02 Å². The van der Waals surface area contributed by atoms with Crippen LogP contribution in [0.3, 0.4) is 0 Å². The second-order valence-electron chi connectivity index (χ2n) is 6.35. The number of anilines is 1. The van der Waals surface area contributed by atoms with Gasteiger partial charge in [-0.05, 0) is 57.9 Å². The molecule has 0 bridgehead atoms. The fourth-order valence-corrected chi connectivity index (χ4v) is 4.38. The van der Waals surface area contributed by atoms with Crippen LogP contribution in [0.15, 0.2) is 12.1 Å². The van der Waals surface area contributed by atoms with E-state index in [2.05, 4.69) is 20.8 Å². The first kappa shape index (κ1) is 17.3. The Morgan fingerprint density at radius 2 is 1.64 bits per heavy atom. The van der Waals surface area contributed by atoms with Gasteiger partial charge >= 0.3 is 0 Å². The van der Waals surface area contributed by atoms with Gasteiger partial charge in [-0.1, -0.05) is 11.6 Å². The molecule has 1 atom stereocenters. The maximum Gasteiger partial charge on any atom is 0.285 e. The molecule has 1 aliphatic heterocycles. The number of hydrogen-bond donors (Lipinski definition) is 0. The maximum atomic E-state index is 13.1. The predicted octanol–water partition coefficient (Wildman–Crippen LogP) is 3.94. The first-order chi connectivity index (χ1) is 10.4. The van der Waals surface area contributed by atoms with E-state index in [1.54, 1.807) is 0 Å². The summed E-state index contributed by atoms with van der Waals surface area (Å²) >= 11 is 6.13. The van der Waals surface area contributed by atoms with Gasteiger partial charge in [-0.15, -0.1) is 0 Å². The lowest BCUT2D eigenvalue weighted by Gasteiger charge is -2.40. The molecule has 0 radical (unpaired) electrons. The Kier molecular flexibility index (Phi) is 5.18. The van der Waals surface area contributed by atoms with Gasteiger partial charge in [-0.3, -0.25) is 4.79 Å². The molecule has 0 aliphatic carbocycles. The summed E-state index contributed by atoms with van der Waals surface area (Å²) in [5.41, 5.74) is 3.22. The van der Waals surface area contributed by atoms with E-state index in [0.717, 1.165) is 58.9 Å². The summed E-state index contributed by atoms with van der Waals surface area (Å²) in [4.78, 5) is 15.1. The lowest BCUT2D eigenvalue weighted by atomic mass is 10.1. The van der Waals surface area contributed by atoms with Crippen LogP contribution in [-0.2, 0) is 4.79 Å².